The van der Waals surface area contributed by atoms with E-state index in [2.05, 4.69) is 22.1 Å². The Kier molecular flexibility index (Phi) is 7.02. The maximum Gasteiger partial charge on any atom is 0.315 e. The smallest absolute Gasteiger partial charge is 0.315 e. The second kappa shape index (κ2) is 8.27. The molecule has 0 aromatic heterocycles. The summed E-state index contributed by atoms with van der Waals surface area (Å²) in [5, 5.41) is 15.3. The minimum atomic E-state index is -0.525. The molecule has 116 valence electrons. The molecule has 1 rings (SSSR count). The molecule has 0 spiro atoms. The average molecular weight is 283 g/mol. The summed E-state index contributed by atoms with van der Waals surface area (Å²) in [6, 6.07) is 0.0535. The number of nitrogens with one attached hydrogen (secondary N) is 2. The Hall–Kier alpha value is -1.07. The minimum absolute atomic E-state index is 0.0357. The van der Waals surface area contributed by atoms with Crippen LogP contribution >= 0.6 is 0 Å². The van der Waals surface area contributed by atoms with Gasteiger partial charge in [-0.3, -0.25) is 4.90 Å². The average Bonchev–Trinajstić information content (AvgIpc) is 2.41. The standard InChI is InChI=1S/C15H29N3O2/c1-4-8-15(3,12-19)17-14(20)16-13-6-10-18(9-5-2)11-7-13/h5,13,19H,2,4,6-12H2,1,3H3,(H2,16,17,20). The monoisotopic (exact) mass is 283 g/mol. The lowest BCUT2D eigenvalue weighted by Crippen LogP contribution is -2.55. The number of hydrogen-bond acceptors (Lipinski definition) is 3. The molecule has 0 aliphatic carbocycles. The highest BCUT2D eigenvalue weighted by Crippen LogP contribution is 2.13. The lowest BCUT2D eigenvalue weighted by atomic mass is 9.97. The van der Waals surface area contributed by atoms with E-state index in [-0.39, 0.29) is 18.7 Å². The Morgan fingerprint density at radius 1 is 1.50 bits per heavy atom. The fourth-order valence-electron chi connectivity index (χ4n) is 2.67. The van der Waals surface area contributed by atoms with Crippen LogP contribution in [0.5, 0.6) is 0 Å². The van der Waals surface area contributed by atoms with Crippen molar-refractivity contribution in [2.75, 3.05) is 26.2 Å². The van der Waals surface area contributed by atoms with Gasteiger partial charge in [0.25, 0.3) is 0 Å². The van der Waals surface area contributed by atoms with Crippen molar-refractivity contribution in [3.05, 3.63) is 12.7 Å². The van der Waals surface area contributed by atoms with Gasteiger partial charge in [0.15, 0.2) is 0 Å². The van der Waals surface area contributed by atoms with Gasteiger partial charge < -0.3 is 15.7 Å². The molecule has 5 heteroatoms. The molecule has 3 N–H and O–H groups in total. The molecule has 1 saturated heterocycles. The van der Waals surface area contributed by atoms with Gasteiger partial charge in [-0.25, -0.2) is 4.79 Å². The number of urea groups is 1. The number of carbonyl (C=O) groups excluding carboxylic acids is 1. The zero-order valence-corrected chi connectivity index (χ0v) is 12.8. The summed E-state index contributed by atoms with van der Waals surface area (Å²) in [4.78, 5) is 14.3. The molecule has 1 unspecified atom stereocenters. The van der Waals surface area contributed by atoms with Gasteiger partial charge in [0, 0.05) is 25.7 Å². The molecular formula is C15H29N3O2. The Morgan fingerprint density at radius 3 is 2.65 bits per heavy atom. The first-order valence-corrected chi connectivity index (χ1v) is 7.55. The summed E-state index contributed by atoms with van der Waals surface area (Å²) >= 11 is 0. The first-order valence-electron chi connectivity index (χ1n) is 7.55. The van der Waals surface area contributed by atoms with Crippen LogP contribution in [0.25, 0.3) is 0 Å². The van der Waals surface area contributed by atoms with E-state index < -0.39 is 5.54 Å². The van der Waals surface area contributed by atoms with Crippen LogP contribution in [0.2, 0.25) is 0 Å². The molecule has 1 atom stereocenters. The van der Waals surface area contributed by atoms with Crippen molar-refractivity contribution < 1.29 is 9.90 Å². The first-order chi connectivity index (χ1) is 9.53. The number of nitrogens with zero attached hydrogens (tertiary/aromatic N) is 1. The van der Waals surface area contributed by atoms with Crippen LogP contribution in [0.15, 0.2) is 12.7 Å². The maximum atomic E-state index is 12.0. The van der Waals surface area contributed by atoms with Crippen LogP contribution < -0.4 is 10.6 Å². The summed E-state index contributed by atoms with van der Waals surface area (Å²) in [6.07, 6.45) is 5.54. The van der Waals surface area contributed by atoms with E-state index in [0.29, 0.717) is 0 Å². The second-order valence-electron chi connectivity index (χ2n) is 5.93. The zero-order chi connectivity index (χ0) is 15.0. The van der Waals surface area contributed by atoms with E-state index in [1.807, 2.05) is 19.9 Å². The van der Waals surface area contributed by atoms with Gasteiger partial charge >= 0.3 is 6.03 Å². The number of aliphatic hydroxyl groups excluding tert-OH is 1. The van der Waals surface area contributed by atoms with E-state index >= 15 is 0 Å². The van der Waals surface area contributed by atoms with Crippen molar-refractivity contribution in [2.45, 2.75) is 51.1 Å². The summed E-state index contributed by atoms with van der Waals surface area (Å²) in [5.41, 5.74) is -0.525. The third-order valence-electron chi connectivity index (χ3n) is 3.88. The number of carbonyl (C=O) groups is 1. The largest absolute Gasteiger partial charge is 0.394 e. The molecule has 1 heterocycles. The molecule has 0 bridgehead atoms. The highest BCUT2D eigenvalue weighted by molar-refractivity contribution is 5.75. The van der Waals surface area contributed by atoms with Crippen molar-refractivity contribution in [3.8, 4) is 0 Å². The van der Waals surface area contributed by atoms with E-state index in [1.54, 1.807) is 0 Å². The SMILES string of the molecule is C=CCN1CCC(NC(=O)NC(C)(CO)CCC)CC1. The van der Waals surface area contributed by atoms with Crippen LogP contribution in [0, 0.1) is 0 Å². The Morgan fingerprint density at radius 2 is 2.15 bits per heavy atom. The number of hydrogen-bond donors (Lipinski definition) is 3. The topological polar surface area (TPSA) is 64.6 Å². The van der Waals surface area contributed by atoms with E-state index in [1.165, 1.54) is 0 Å². The van der Waals surface area contributed by atoms with Crippen molar-refractivity contribution in [3.63, 3.8) is 0 Å². The fourth-order valence-corrected chi connectivity index (χ4v) is 2.67. The predicted octanol–water partition coefficient (Wildman–Crippen LogP) is 1.49. The summed E-state index contributed by atoms with van der Waals surface area (Å²) < 4.78 is 0. The molecule has 20 heavy (non-hydrogen) atoms. The summed E-state index contributed by atoms with van der Waals surface area (Å²) in [5.74, 6) is 0. The number of rotatable bonds is 7. The second-order valence-corrected chi connectivity index (χ2v) is 5.93. The van der Waals surface area contributed by atoms with Gasteiger partial charge in [-0.15, -0.1) is 6.58 Å². The molecule has 1 aliphatic rings. The quantitative estimate of drug-likeness (QED) is 0.620. The van der Waals surface area contributed by atoms with Crippen molar-refractivity contribution in [2.24, 2.45) is 0 Å². The highest BCUT2D eigenvalue weighted by Gasteiger charge is 2.26. The number of likely N-dealkylation sites (tertiary alicyclic amines) is 1. The Balaban J connectivity index is 2.34. The maximum absolute atomic E-state index is 12.0. The third kappa shape index (κ3) is 5.51. The molecule has 1 aliphatic heterocycles. The van der Waals surface area contributed by atoms with Crippen molar-refractivity contribution in [1.82, 2.24) is 15.5 Å². The summed E-state index contributed by atoms with van der Waals surface area (Å²) in [6.45, 7) is 10.5. The number of aliphatic hydroxyl groups is 1. The Bertz CT molecular complexity index is 314. The predicted molar refractivity (Wildman–Crippen MR) is 81.7 cm³/mol. The molecule has 0 aromatic carbocycles. The van der Waals surface area contributed by atoms with Crippen LogP contribution in [0.1, 0.15) is 39.5 Å². The van der Waals surface area contributed by atoms with Crippen LogP contribution in [-0.2, 0) is 0 Å². The molecule has 0 saturated carbocycles. The van der Waals surface area contributed by atoms with Gasteiger partial charge in [0.2, 0.25) is 0 Å². The van der Waals surface area contributed by atoms with Gasteiger partial charge in [0.1, 0.15) is 0 Å². The molecule has 1 fully saturated rings. The molecule has 0 radical (unpaired) electrons. The van der Waals surface area contributed by atoms with Crippen molar-refractivity contribution >= 4 is 6.03 Å². The summed E-state index contributed by atoms with van der Waals surface area (Å²) in [7, 11) is 0. The fraction of sp³-hybridized carbons (Fsp3) is 0.800. The Labute approximate surface area is 122 Å². The normalized spacial score (nSPS) is 20.1. The lowest BCUT2D eigenvalue weighted by molar-refractivity contribution is 0.158. The molecule has 2 amide bonds. The minimum Gasteiger partial charge on any atom is -0.394 e. The van der Waals surface area contributed by atoms with Gasteiger partial charge in [0.05, 0.1) is 12.1 Å². The van der Waals surface area contributed by atoms with Crippen LogP contribution in [0.3, 0.4) is 0 Å². The third-order valence-corrected chi connectivity index (χ3v) is 3.88. The van der Waals surface area contributed by atoms with E-state index in [4.69, 9.17) is 0 Å². The van der Waals surface area contributed by atoms with Gasteiger partial charge in [-0.05, 0) is 26.2 Å². The van der Waals surface area contributed by atoms with Crippen molar-refractivity contribution in [1.29, 1.82) is 0 Å². The van der Waals surface area contributed by atoms with Gasteiger partial charge in [-0.2, -0.15) is 0 Å². The van der Waals surface area contributed by atoms with E-state index in [9.17, 15) is 9.90 Å². The molecular weight excluding hydrogens is 254 g/mol. The first kappa shape index (κ1) is 17.0. The zero-order valence-electron chi connectivity index (χ0n) is 12.8. The molecule has 0 aromatic rings. The number of piperidine rings is 1. The highest BCUT2D eigenvalue weighted by atomic mass is 16.3. The number of amides is 2. The van der Waals surface area contributed by atoms with Crippen LogP contribution in [0.4, 0.5) is 4.79 Å². The van der Waals surface area contributed by atoms with E-state index in [0.717, 1.165) is 45.3 Å². The molecule has 5 nitrogen and oxygen atoms in total. The van der Waals surface area contributed by atoms with Crippen LogP contribution in [-0.4, -0.2) is 53.9 Å². The van der Waals surface area contributed by atoms with Gasteiger partial charge in [-0.1, -0.05) is 19.4 Å². The lowest BCUT2D eigenvalue weighted by Gasteiger charge is -2.33.